The van der Waals surface area contributed by atoms with Crippen LogP contribution in [0.4, 0.5) is 11.4 Å². The average Bonchev–Trinajstić information content (AvgIpc) is 3.61. The van der Waals surface area contributed by atoms with Crippen molar-refractivity contribution in [2.24, 2.45) is 11.8 Å². The highest BCUT2D eigenvalue weighted by atomic mass is 16.3. The number of carbonyl (C=O) groups excluding carboxylic acids is 1. The highest BCUT2D eigenvalue weighted by Gasteiger charge is 2.54. The van der Waals surface area contributed by atoms with Crippen LogP contribution in [0.15, 0.2) is 40.3 Å². The van der Waals surface area contributed by atoms with Gasteiger partial charge in [-0.25, -0.2) is 0 Å². The van der Waals surface area contributed by atoms with Crippen LogP contribution in [0.3, 0.4) is 0 Å². The van der Waals surface area contributed by atoms with Crippen molar-refractivity contribution in [1.29, 1.82) is 0 Å². The van der Waals surface area contributed by atoms with Gasteiger partial charge in [-0.05, 0) is 82.1 Å². The van der Waals surface area contributed by atoms with Gasteiger partial charge in [0.1, 0.15) is 17.7 Å². The molecule has 0 spiro atoms. The van der Waals surface area contributed by atoms with Gasteiger partial charge in [0.05, 0.1) is 17.9 Å². The first kappa shape index (κ1) is 17.4. The Bertz CT molecular complexity index is 1030. The molecule has 0 N–H and O–H groups in total. The van der Waals surface area contributed by atoms with E-state index in [1.54, 1.807) is 0 Å². The number of carbonyl (C=O) groups is 1. The van der Waals surface area contributed by atoms with E-state index in [-0.39, 0.29) is 11.9 Å². The zero-order chi connectivity index (χ0) is 19.9. The first-order valence-corrected chi connectivity index (χ1v) is 11.0. The molecule has 1 aromatic heterocycles. The molecule has 1 unspecified atom stereocenters. The Morgan fingerprint density at radius 2 is 1.72 bits per heavy atom. The molecule has 150 valence electrons. The number of Topliss-reactive ketones (excluding diaryl/α,β-unsaturated/α-hetero) is 1. The molecular weight excluding hydrogens is 360 g/mol. The van der Waals surface area contributed by atoms with Crippen LogP contribution in [0.1, 0.15) is 49.7 Å². The van der Waals surface area contributed by atoms with Crippen molar-refractivity contribution >= 4 is 22.7 Å². The molecule has 2 aliphatic carbocycles. The number of hydrogen-bond donors (Lipinski definition) is 0. The number of ketones is 1. The standard InChI is InChI=1S/C25H28N2O2/c1-14-12-19(16(3)29-14)15(2)23-22(28)13-26-20-6-4-5-7-21(20)27(25(23)26)24(17-8-9-17)18-10-11-18/h4-7,12,17-18,24-25H,8-11,13H2,1-3H3/b23-15+. The zero-order valence-electron chi connectivity index (χ0n) is 17.4. The van der Waals surface area contributed by atoms with Gasteiger partial charge >= 0.3 is 0 Å². The second-order valence-electron chi connectivity index (χ2n) is 9.35. The van der Waals surface area contributed by atoms with Crippen molar-refractivity contribution < 1.29 is 9.21 Å². The number of benzene rings is 1. The predicted octanol–water partition coefficient (Wildman–Crippen LogP) is 5.09. The molecule has 3 fully saturated rings. The topological polar surface area (TPSA) is 36.7 Å². The maximum atomic E-state index is 13.3. The lowest BCUT2D eigenvalue weighted by atomic mass is 9.96. The lowest BCUT2D eigenvalue weighted by molar-refractivity contribution is -0.113. The van der Waals surface area contributed by atoms with Crippen LogP contribution < -0.4 is 9.80 Å². The van der Waals surface area contributed by atoms with Gasteiger partial charge in [-0.1, -0.05) is 12.1 Å². The number of nitrogens with zero attached hydrogens (tertiary/aromatic N) is 2. The van der Waals surface area contributed by atoms with Gasteiger partial charge in [0.25, 0.3) is 0 Å². The molecule has 2 saturated carbocycles. The second kappa shape index (κ2) is 6.01. The predicted molar refractivity (Wildman–Crippen MR) is 115 cm³/mol. The zero-order valence-corrected chi connectivity index (χ0v) is 17.4. The summed E-state index contributed by atoms with van der Waals surface area (Å²) in [4.78, 5) is 18.3. The van der Waals surface area contributed by atoms with Crippen molar-refractivity contribution in [3.05, 3.63) is 53.0 Å². The Kier molecular flexibility index (Phi) is 3.60. The van der Waals surface area contributed by atoms with Crippen molar-refractivity contribution in [3.63, 3.8) is 0 Å². The van der Waals surface area contributed by atoms with E-state index in [1.807, 2.05) is 13.8 Å². The molecule has 6 rings (SSSR count). The minimum Gasteiger partial charge on any atom is -0.466 e. The third-order valence-electron chi connectivity index (χ3n) is 7.28. The van der Waals surface area contributed by atoms with Crippen molar-refractivity contribution in [3.8, 4) is 0 Å². The Morgan fingerprint density at radius 3 is 2.31 bits per heavy atom. The van der Waals surface area contributed by atoms with Gasteiger partial charge in [0.2, 0.25) is 0 Å². The molecule has 1 aromatic carbocycles. The third-order valence-corrected chi connectivity index (χ3v) is 7.28. The number of furan rings is 1. The first-order valence-electron chi connectivity index (χ1n) is 11.0. The molecule has 0 amide bonds. The lowest BCUT2D eigenvalue weighted by Gasteiger charge is -2.36. The Labute approximate surface area is 172 Å². The molecule has 4 nitrogen and oxygen atoms in total. The van der Waals surface area contributed by atoms with Gasteiger partial charge in [-0.2, -0.15) is 0 Å². The number of fused-ring (bicyclic) bond motifs is 3. The number of allylic oxidation sites excluding steroid dienone is 1. The van der Waals surface area contributed by atoms with E-state index in [1.165, 1.54) is 37.1 Å². The minimum absolute atomic E-state index is 0.0284. The molecule has 0 bridgehead atoms. The molecule has 1 atom stereocenters. The van der Waals surface area contributed by atoms with Gasteiger partial charge in [-0.3, -0.25) is 4.79 Å². The van der Waals surface area contributed by atoms with Crippen molar-refractivity contribution in [1.82, 2.24) is 0 Å². The number of hydrogen-bond acceptors (Lipinski definition) is 4. The van der Waals surface area contributed by atoms with Gasteiger partial charge in [-0.15, -0.1) is 0 Å². The van der Waals surface area contributed by atoms with Crippen molar-refractivity contribution in [2.45, 2.75) is 58.7 Å². The van der Waals surface area contributed by atoms with Crippen LogP contribution in [0, 0.1) is 25.7 Å². The smallest absolute Gasteiger partial charge is 0.182 e. The maximum absolute atomic E-state index is 13.3. The van der Waals surface area contributed by atoms with E-state index in [0.717, 1.165) is 40.1 Å². The Hall–Kier alpha value is -2.49. The van der Waals surface area contributed by atoms with Crippen LogP contribution in [0.25, 0.3) is 5.57 Å². The fraction of sp³-hybridized carbons (Fsp3) is 0.480. The van der Waals surface area contributed by atoms with E-state index in [9.17, 15) is 4.79 Å². The van der Waals surface area contributed by atoms with Gasteiger partial charge < -0.3 is 14.2 Å². The number of para-hydroxylation sites is 2. The monoisotopic (exact) mass is 388 g/mol. The molecule has 0 radical (unpaired) electrons. The SMILES string of the molecule is C/C(=C1/C(=O)CN2c3ccccc3N(C(C3CC3)C3CC3)C12)c1cc(C)oc1C. The van der Waals surface area contributed by atoms with Crippen LogP contribution in [0.2, 0.25) is 0 Å². The molecular formula is C25H28N2O2. The normalized spacial score (nSPS) is 25.1. The lowest BCUT2D eigenvalue weighted by Crippen LogP contribution is -2.48. The van der Waals surface area contributed by atoms with E-state index < -0.39 is 0 Å². The van der Waals surface area contributed by atoms with E-state index in [0.29, 0.717) is 12.6 Å². The molecule has 3 heterocycles. The second-order valence-corrected chi connectivity index (χ2v) is 9.35. The highest BCUT2D eigenvalue weighted by molar-refractivity contribution is 6.12. The number of anilines is 2. The van der Waals surface area contributed by atoms with E-state index in [4.69, 9.17) is 4.42 Å². The summed E-state index contributed by atoms with van der Waals surface area (Å²) in [7, 11) is 0. The summed E-state index contributed by atoms with van der Waals surface area (Å²) < 4.78 is 5.80. The van der Waals surface area contributed by atoms with E-state index in [2.05, 4.69) is 47.1 Å². The van der Waals surface area contributed by atoms with Crippen LogP contribution >= 0.6 is 0 Å². The first-order chi connectivity index (χ1) is 14.0. The molecule has 4 heteroatoms. The highest BCUT2D eigenvalue weighted by Crippen LogP contribution is 2.55. The minimum atomic E-state index is 0.0284. The average molecular weight is 389 g/mol. The largest absolute Gasteiger partial charge is 0.466 e. The summed E-state index contributed by atoms with van der Waals surface area (Å²) in [5.74, 6) is 3.63. The summed E-state index contributed by atoms with van der Waals surface area (Å²) >= 11 is 0. The van der Waals surface area contributed by atoms with Crippen LogP contribution in [-0.4, -0.2) is 24.5 Å². The fourth-order valence-electron chi connectivity index (χ4n) is 5.78. The summed E-state index contributed by atoms with van der Waals surface area (Å²) in [6.45, 7) is 6.56. The van der Waals surface area contributed by atoms with Crippen LogP contribution in [-0.2, 0) is 4.79 Å². The molecule has 29 heavy (non-hydrogen) atoms. The summed E-state index contributed by atoms with van der Waals surface area (Å²) in [5, 5.41) is 0. The summed E-state index contributed by atoms with van der Waals surface area (Å²) in [5.41, 5.74) is 5.67. The molecule has 4 aliphatic rings. The molecule has 1 saturated heterocycles. The Balaban J connectivity index is 1.53. The number of aryl methyl sites for hydroxylation is 2. The Morgan fingerprint density at radius 1 is 1.07 bits per heavy atom. The number of rotatable bonds is 4. The quantitative estimate of drug-likeness (QED) is 0.683. The van der Waals surface area contributed by atoms with E-state index >= 15 is 0 Å². The van der Waals surface area contributed by atoms with Gasteiger partial charge in [0.15, 0.2) is 5.78 Å². The molecule has 2 aliphatic heterocycles. The fourth-order valence-corrected chi connectivity index (χ4v) is 5.78. The van der Waals surface area contributed by atoms with Gasteiger partial charge in [0, 0.05) is 17.2 Å². The maximum Gasteiger partial charge on any atom is 0.182 e. The molecule has 2 aromatic rings. The van der Waals surface area contributed by atoms with Crippen LogP contribution in [0.5, 0.6) is 0 Å². The summed E-state index contributed by atoms with van der Waals surface area (Å²) in [6, 6.07) is 11.3. The summed E-state index contributed by atoms with van der Waals surface area (Å²) in [6.07, 6.45) is 5.36. The van der Waals surface area contributed by atoms with Crippen molar-refractivity contribution in [2.75, 3.05) is 16.3 Å². The third kappa shape index (κ3) is 2.54.